The number of nitriles is 2. The highest BCUT2D eigenvalue weighted by atomic mass is 16.3. The first-order chi connectivity index (χ1) is 16.4. The molecule has 3 aliphatic carbocycles. The number of anilines is 1. The molecule has 0 saturated heterocycles. The van der Waals surface area contributed by atoms with Crippen LogP contribution in [0.15, 0.2) is 36.7 Å². The van der Waals surface area contributed by atoms with Crippen molar-refractivity contribution in [1.82, 2.24) is 19.9 Å². The molecule has 3 heterocycles. The first kappa shape index (κ1) is 21.9. The van der Waals surface area contributed by atoms with E-state index >= 15 is 0 Å². The monoisotopic (exact) mass is 455 g/mol. The first-order valence-corrected chi connectivity index (χ1v) is 11.5. The molecule has 3 N–H and O–H groups in total. The Morgan fingerprint density at radius 1 is 1.12 bits per heavy atom. The van der Waals surface area contributed by atoms with Gasteiger partial charge in [0.15, 0.2) is 0 Å². The molecule has 9 nitrogen and oxygen atoms in total. The molecule has 6 rings (SSSR count). The standard InChI is InChI=1S/C25H25N7O2/c26-10-1-11-28-23(33)19-16-29-21(22-3-2-18-12-17(14-27)15-30-32(18)22)13-20(19)31-24-4-7-25(34,8-5-24)9-6-24/h2-3,12-13,15-16,34H,1,4-9,11H2,(H,28,33)(H,29,31). The van der Waals surface area contributed by atoms with Crippen LogP contribution in [0.5, 0.6) is 0 Å². The summed E-state index contributed by atoms with van der Waals surface area (Å²) in [5.41, 5.74) is 3.02. The Morgan fingerprint density at radius 2 is 1.88 bits per heavy atom. The van der Waals surface area contributed by atoms with Crippen LogP contribution in [0.25, 0.3) is 16.9 Å². The number of nitrogens with zero attached hydrogens (tertiary/aromatic N) is 5. The molecule has 0 radical (unpaired) electrons. The fraction of sp³-hybridized carbons (Fsp3) is 0.400. The molecule has 0 aromatic carbocycles. The van der Waals surface area contributed by atoms with E-state index in [1.807, 2.05) is 24.3 Å². The molecule has 34 heavy (non-hydrogen) atoms. The minimum absolute atomic E-state index is 0.175. The third kappa shape index (κ3) is 3.95. The van der Waals surface area contributed by atoms with Crippen LogP contribution < -0.4 is 10.6 Å². The third-order valence-electron chi connectivity index (χ3n) is 7.17. The van der Waals surface area contributed by atoms with Crippen molar-refractivity contribution < 1.29 is 9.90 Å². The molecule has 9 heteroatoms. The molecule has 3 fully saturated rings. The number of nitrogens with one attached hydrogen (secondary N) is 2. The zero-order valence-corrected chi connectivity index (χ0v) is 18.7. The van der Waals surface area contributed by atoms with Crippen molar-refractivity contribution >= 4 is 17.1 Å². The highest BCUT2D eigenvalue weighted by Crippen LogP contribution is 2.48. The summed E-state index contributed by atoms with van der Waals surface area (Å²) in [6.07, 6.45) is 8.05. The van der Waals surface area contributed by atoms with Gasteiger partial charge in [0.1, 0.15) is 6.07 Å². The van der Waals surface area contributed by atoms with E-state index in [2.05, 4.69) is 26.8 Å². The molecule has 0 atom stereocenters. The molecule has 0 unspecified atom stereocenters. The van der Waals surface area contributed by atoms with E-state index in [1.165, 1.54) is 6.20 Å². The van der Waals surface area contributed by atoms with Gasteiger partial charge in [-0.05, 0) is 62.8 Å². The summed E-state index contributed by atoms with van der Waals surface area (Å²) in [5, 5.41) is 39.4. The summed E-state index contributed by atoms with van der Waals surface area (Å²) < 4.78 is 1.72. The Morgan fingerprint density at radius 3 is 2.59 bits per heavy atom. The molecular weight excluding hydrogens is 430 g/mol. The van der Waals surface area contributed by atoms with E-state index in [0.717, 1.165) is 49.7 Å². The molecule has 172 valence electrons. The molecule has 3 aromatic heterocycles. The average Bonchev–Trinajstić information content (AvgIpc) is 3.28. The van der Waals surface area contributed by atoms with Crippen molar-refractivity contribution in [2.24, 2.45) is 0 Å². The summed E-state index contributed by atoms with van der Waals surface area (Å²) in [4.78, 5) is 17.5. The predicted octanol–water partition coefficient (Wildman–Crippen LogP) is 3.16. The van der Waals surface area contributed by atoms with E-state index in [1.54, 1.807) is 16.8 Å². The fourth-order valence-electron chi connectivity index (χ4n) is 5.10. The van der Waals surface area contributed by atoms with Gasteiger partial charge in [-0.15, -0.1) is 0 Å². The van der Waals surface area contributed by atoms with Gasteiger partial charge in [-0.2, -0.15) is 15.6 Å². The smallest absolute Gasteiger partial charge is 0.254 e. The van der Waals surface area contributed by atoms with Gasteiger partial charge in [-0.25, -0.2) is 4.52 Å². The van der Waals surface area contributed by atoms with Crippen molar-refractivity contribution in [2.45, 2.75) is 56.1 Å². The van der Waals surface area contributed by atoms with Crippen molar-refractivity contribution in [1.29, 1.82) is 10.5 Å². The summed E-state index contributed by atoms with van der Waals surface area (Å²) >= 11 is 0. The van der Waals surface area contributed by atoms with Crippen LogP contribution in [0.3, 0.4) is 0 Å². The Hall–Kier alpha value is -3.95. The van der Waals surface area contributed by atoms with Gasteiger partial charge in [0.05, 0.1) is 58.0 Å². The maximum absolute atomic E-state index is 12.9. The number of fused-ring (bicyclic) bond motifs is 4. The van der Waals surface area contributed by atoms with Crippen LogP contribution in [0.1, 0.15) is 60.9 Å². The van der Waals surface area contributed by atoms with Crippen molar-refractivity contribution in [3.8, 4) is 23.5 Å². The molecule has 0 aliphatic heterocycles. The van der Waals surface area contributed by atoms with Gasteiger partial charge in [0.25, 0.3) is 5.91 Å². The van der Waals surface area contributed by atoms with Crippen LogP contribution >= 0.6 is 0 Å². The quantitative estimate of drug-likeness (QED) is 0.485. The molecule has 3 aromatic rings. The Kier molecular flexibility index (Phi) is 5.43. The number of hydrogen-bond acceptors (Lipinski definition) is 7. The SMILES string of the molecule is N#CCCNC(=O)c1cnc(-c2ccc3cc(C#N)cnn23)cc1NC12CCC(O)(CC1)CC2. The van der Waals surface area contributed by atoms with Gasteiger partial charge in [0.2, 0.25) is 0 Å². The van der Waals surface area contributed by atoms with E-state index in [0.29, 0.717) is 22.5 Å². The second-order valence-electron chi connectivity index (χ2n) is 9.32. The topological polar surface area (TPSA) is 139 Å². The summed E-state index contributed by atoms with van der Waals surface area (Å²) in [6.45, 7) is 0.267. The normalized spacial score (nSPS) is 23.3. The van der Waals surface area contributed by atoms with Gasteiger partial charge in [-0.1, -0.05) is 0 Å². The van der Waals surface area contributed by atoms with Gasteiger partial charge < -0.3 is 15.7 Å². The van der Waals surface area contributed by atoms with Crippen LogP contribution in [0, 0.1) is 22.7 Å². The Bertz CT molecular complexity index is 1320. The highest BCUT2D eigenvalue weighted by molar-refractivity contribution is 6.00. The number of rotatable bonds is 6. The predicted molar refractivity (Wildman–Crippen MR) is 125 cm³/mol. The van der Waals surface area contributed by atoms with E-state index in [4.69, 9.17) is 10.5 Å². The second kappa shape index (κ2) is 8.44. The van der Waals surface area contributed by atoms with E-state index in [9.17, 15) is 9.90 Å². The lowest BCUT2D eigenvalue weighted by molar-refractivity contribution is -0.0580. The number of pyridine rings is 1. The summed E-state index contributed by atoms with van der Waals surface area (Å²) in [7, 11) is 0. The number of aromatic nitrogens is 3. The number of amides is 1. The largest absolute Gasteiger partial charge is 0.390 e. The molecular formula is C25H25N7O2. The number of hydrogen-bond donors (Lipinski definition) is 3. The van der Waals surface area contributed by atoms with Gasteiger partial charge in [-0.3, -0.25) is 9.78 Å². The lowest BCUT2D eigenvalue weighted by atomic mass is 9.63. The zero-order valence-electron chi connectivity index (χ0n) is 18.7. The Labute approximate surface area is 197 Å². The maximum atomic E-state index is 12.9. The highest BCUT2D eigenvalue weighted by Gasteiger charge is 2.47. The molecule has 3 saturated carbocycles. The number of aliphatic hydroxyl groups is 1. The number of carbonyl (C=O) groups is 1. The van der Waals surface area contributed by atoms with E-state index < -0.39 is 5.60 Å². The van der Waals surface area contributed by atoms with Gasteiger partial charge in [0, 0.05) is 18.3 Å². The third-order valence-corrected chi connectivity index (χ3v) is 7.17. The van der Waals surface area contributed by atoms with Gasteiger partial charge >= 0.3 is 0 Å². The Balaban J connectivity index is 1.52. The van der Waals surface area contributed by atoms with Crippen molar-refractivity contribution in [3.05, 3.63) is 47.8 Å². The lowest BCUT2D eigenvalue weighted by Gasteiger charge is -2.51. The number of carbonyl (C=O) groups excluding carboxylic acids is 1. The first-order valence-electron chi connectivity index (χ1n) is 11.5. The average molecular weight is 456 g/mol. The second-order valence-corrected chi connectivity index (χ2v) is 9.32. The van der Waals surface area contributed by atoms with Crippen LogP contribution in [-0.4, -0.2) is 43.3 Å². The van der Waals surface area contributed by atoms with Crippen LogP contribution in [0.2, 0.25) is 0 Å². The van der Waals surface area contributed by atoms with Crippen LogP contribution in [0.4, 0.5) is 5.69 Å². The van der Waals surface area contributed by atoms with Crippen LogP contribution in [-0.2, 0) is 0 Å². The molecule has 0 spiro atoms. The maximum Gasteiger partial charge on any atom is 0.254 e. The minimum atomic E-state index is -0.552. The fourth-order valence-corrected chi connectivity index (χ4v) is 5.10. The molecule has 1 amide bonds. The summed E-state index contributed by atoms with van der Waals surface area (Å²) in [5.74, 6) is -0.284. The molecule has 2 bridgehead atoms. The summed E-state index contributed by atoms with van der Waals surface area (Å²) in [6, 6.07) is 11.5. The minimum Gasteiger partial charge on any atom is -0.390 e. The van der Waals surface area contributed by atoms with E-state index in [-0.39, 0.29) is 24.4 Å². The van der Waals surface area contributed by atoms with Crippen molar-refractivity contribution in [3.63, 3.8) is 0 Å². The zero-order chi connectivity index (χ0) is 23.8. The lowest BCUT2D eigenvalue weighted by Crippen LogP contribution is -2.54. The van der Waals surface area contributed by atoms with Crippen molar-refractivity contribution in [2.75, 3.05) is 11.9 Å². The molecule has 3 aliphatic rings.